The van der Waals surface area contributed by atoms with Crippen molar-refractivity contribution in [2.24, 2.45) is 0 Å². The van der Waals surface area contributed by atoms with E-state index in [1.165, 1.54) is 0 Å². The van der Waals surface area contributed by atoms with Crippen LogP contribution in [0, 0.1) is 6.92 Å². The van der Waals surface area contributed by atoms with Crippen LogP contribution in [0.2, 0.25) is 0 Å². The number of rotatable bonds is 5. The topological polar surface area (TPSA) is 102 Å². The summed E-state index contributed by atoms with van der Waals surface area (Å²) in [6, 6.07) is 13.3. The molecule has 1 saturated heterocycles. The molecule has 1 N–H and O–H groups in total. The highest BCUT2D eigenvalue weighted by Gasteiger charge is 2.25. The summed E-state index contributed by atoms with van der Waals surface area (Å²) in [4.78, 5) is 39.3. The largest absolute Gasteiger partial charge is 0.497 e. The fraction of sp³-hybridized carbons (Fsp3) is 0.321. The van der Waals surface area contributed by atoms with Crippen LogP contribution in [0.25, 0.3) is 33.1 Å². The minimum absolute atomic E-state index is 0.0241. The quantitative estimate of drug-likeness (QED) is 0.452. The first-order valence-corrected chi connectivity index (χ1v) is 12.0. The van der Waals surface area contributed by atoms with E-state index in [0.29, 0.717) is 48.6 Å². The Morgan fingerprint density at radius 1 is 1.06 bits per heavy atom. The molecule has 2 amide bonds. The Balaban J connectivity index is 1.49. The smallest absolute Gasteiger partial charge is 0.347 e. The molecule has 186 valence electrons. The summed E-state index contributed by atoms with van der Waals surface area (Å²) in [5.41, 5.74) is 1.14. The Morgan fingerprint density at radius 2 is 1.78 bits per heavy atom. The zero-order chi connectivity index (χ0) is 25.4. The van der Waals surface area contributed by atoms with E-state index in [1.807, 2.05) is 36.4 Å². The number of nitrogens with one attached hydrogen (secondary N) is 1. The fourth-order valence-electron chi connectivity index (χ4n) is 4.89. The Kier molecular flexibility index (Phi) is 6.26. The maximum absolute atomic E-state index is 13.1. The van der Waals surface area contributed by atoms with Crippen LogP contribution in [-0.2, 0) is 16.0 Å². The van der Waals surface area contributed by atoms with Gasteiger partial charge in [-0.15, -0.1) is 0 Å². The third-order valence-corrected chi connectivity index (χ3v) is 6.78. The van der Waals surface area contributed by atoms with Crippen LogP contribution in [0.1, 0.15) is 31.1 Å². The number of carbonyl (C=O) groups is 2. The lowest BCUT2D eigenvalue weighted by Gasteiger charge is -2.31. The number of likely N-dealkylation sites (tertiary alicyclic amines) is 1. The molecule has 0 spiro atoms. The fourth-order valence-corrected chi connectivity index (χ4v) is 4.89. The number of hydrogen-bond acceptors (Lipinski definition) is 6. The van der Waals surface area contributed by atoms with Crippen molar-refractivity contribution in [2.75, 3.05) is 20.2 Å². The van der Waals surface area contributed by atoms with Crippen molar-refractivity contribution < 1.29 is 23.2 Å². The first-order chi connectivity index (χ1) is 17.3. The molecule has 36 heavy (non-hydrogen) atoms. The molecule has 2 aromatic heterocycles. The predicted molar refractivity (Wildman–Crippen MR) is 136 cm³/mol. The number of methoxy groups -OCH3 is 1. The van der Waals surface area contributed by atoms with Crippen LogP contribution in [0.15, 0.2) is 56.1 Å². The molecule has 1 aliphatic heterocycles. The number of fused-ring (bicyclic) bond motifs is 2. The van der Waals surface area contributed by atoms with E-state index in [9.17, 15) is 14.4 Å². The summed E-state index contributed by atoms with van der Waals surface area (Å²) < 4.78 is 16.8. The maximum Gasteiger partial charge on any atom is 0.347 e. The number of carbonyl (C=O) groups excluding carboxylic acids is 2. The second kappa shape index (κ2) is 9.53. The SMILES string of the molecule is COc1ccc2cc(-c3oc4cc(C)oc(=O)c4c3CC(=O)NC3CCN(C(C)=O)CC3)ccc2c1. The number of nitrogens with zero attached hydrogens (tertiary/aromatic N) is 1. The summed E-state index contributed by atoms with van der Waals surface area (Å²) in [6.45, 7) is 4.48. The van der Waals surface area contributed by atoms with E-state index in [-0.39, 0.29) is 29.7 Å². The van der Waals surface area contributed by atoms with Gasteiger partial charge in [0.05, 0.1) is 13.5 Å². The van der Waals surface area contributed by atoms with E-state index in [1.54, 1.807) is 31.9 Å². The number of piperidine rings is 1. The van der Waals surface area contributed by atoms with Gasteiger partial charge in [-0.25, -0.2) is 4.79 Å². The lowest BCUT2D eigenvalue weighted by Crippen LogP contribution is -2.46. The Labute approximate surface area is 207 Å². The molecule has 1 fully saturated rings. The lowest BCUT2D eigenvalue weighted by molar-refractivity contribution is -0.130. The van der Waals surface area contributed by atoms with E-state index >= 15 is 0 Å². The third-order valence-electron chi connectivity index (χ3n) is 6.78. The number of hydrogen-bond donors (Lipinski definition) is 1. The van der Waals surface area contributed by atoms with Gasteiger partial charge in [-0.1, -0.05) is 18.2 Å². The van der Waals surface area contributed by atoms with Crippen molar-refractivity contribution >= 4 is 33.6 Å². The molecular formula is C28H28N2O6. The minimum Gasteiger partial charge on any atom is -0.497 e. The first-order valence-electron chi connectivity index (χ1n) is 12.0. The van der Waals surface area contributed by atoms with Crippen molar-refractivity contribution in [3.8, 4) is 17.1 Å². The molecule has 1 aliphatic rings. The average molecular weight is 489 g/mol. The monoisotopic (exact) mass is 488 g/mol. The normalized spacial score (nSPS) is 14.4. The van der Waals surface area contributed by atoms with Crippen LogP contribution < -0.4 is 15.7 Å². The number of benzene rings is 2. The number of ether oxygens (including phenoxy) is 1. The van der Waals surface area contributed by atoms with Crippen LogP contribution >= 0.6 is 0 Å². The summed E-state index contributed by atoms with van der Waals surface area (Å²) in [7, 11) is 1.63. The third kappa shape index (κ3) is 4.58. The van der Waals surface area contributed by atoms with Crippen molar-refractivity contribution in [3.63, 3.8) is 0 Å². The van der Waals surface area contributed by atoms with E-state index in [4.69, 9.17) is 13.6 Å². The van der Waals surface area contributed by atoms with Crippen molar-refractivity contribution in [1.29, 1.82) is 0 Å². The molecule has 8 heteroatoms. The van der Waals surface area contributed by atoms with Crippen LogP contribution in [0.3, 0.4) is 0 Å². The summed E-state index contributed by atoms with van der Waals surface area (Å²) in [5, 5.41) is 5.33. The molecule has 4 aromatic rings. The standard InChI is InChI=1S/C28H28N2O6/c1-16-12-24-26(28(33)35-16)23(15-25(32)29-21-8-10-30(11-9-21)17(2)31)27(36-24)20-5-4-19-14-22(34-3)7-6-18(19)13-20/h4-7,12-14,21H,8-11,15H2,1-3H3,(H,29,32). The van der Waals surface area contributed by atoms with Gasteiger partial charge in [0.15, 0.2) is 0 Å². The lowest BCUT2D eigenvalue weighted by atomic mass is 9.99. The van der Waals surface area contributed by atoms with Gasteiger partial charge in [-0.05, 0) is 48.7 Å². The number of amides is 2. The molecule has 0 radical (unpaired) electrons. The maximum atomic E-state index is 13.1. The molecule has 0 bridgehead atoms. The summed E-state index contributed by atoms with van der Waals surface area (Å²) in [5.74, 6) is 1.52. The van der Waals surface area contributed by atoms with Crippen molar-refractivity contribution in [1.82, 2.24) is 10.2 Å². The molecular weight excluding hydrogens is 460 g/mol. The second-order valence-electron chi connectivity index (χ2n) is 9.25. The predicted octanol–water partition coefficient (Wildman–Crippen LogP) is 4.19. The summed E-state index contributed by atoms with van der Waals surface area (Å²) >= 11 is 0. The van der Waals surface area contributed by atoms with Gasteiger partial charge in [0.1, 0.15) is 28.2 Å². The zero-order valence-corrected chi connectivity index (χ0v) is 20.6. The number of aryl methyl sites for hydroxylation is 1. The molecule has 2 aromatic carbocycles. The number of furan rings is 1. The second-order valence-corrected chi connectivity index (χ2v) is 9.25. The van der Waals surface area contributed by atoms with Crippen molar-refractivity contribution in [3.05, 3.63) is 64.2 Å². The first kappa shape index (κ1) is 23.7. The molecule has 0 atom stereocenters. The van der Waals surface area contributed by atoms with Gasteiger partial charge in [0, 0.05) is 43.2 Å². The summed E-state index contributed by atoms with van der Waals surface area (Å²) in [6.07, 6.45) is 1.36. The van der Waals surface area contributed by atoms with Crippen LogP contribution in [0.4, 0.5) is 0 Å². The van der Waals surface area contributed by atoms with Gasteiger partial charge in [-0.2, -0.15) is 0 Å². The Bertz CT molecular complexity index is 1520. The Hall–Kier alpha value is -4.07. The minimum atomic E-state index is -0.525. The Morgan fingerprint density at radius 3 is 2.50 bits per heavy atom. The highest BCUT2D eigenvalue weighted by atomic mass is 16.5. The van der Waals surface area contributed by atoms with Crippen LogP contribution in [-0.4, -0.2) is 43.0 Å². The van der Waals surface area contributed by atoms with E-state index < -0.39 is 5.63 Å². The van der Waals surface area contributed by atoms with Gasteiger partial charge in [0.25, 0.3) is 0 Å². The van der Waals surface area contributed by atoms with Gasteiger partial charge < -0.3 is 23.8 Å². The van der Waals surface area contributed by atoms with Gasteiger partial charge in [0.2, 0.25) is 11.8 Å². The average Bonchev–Trinajstić information content (AvgIpc) is 3.21. The van der Waals surface area contributed by atoms with Crippen molar-refractivity contribution in [2.45, 2.75) is 39.2 Å². The van der Waals surface area contributed by atoms with Gasteiger partial charge in [-0.3, -0.25) is 9.59 Å². The molecule has 5 rings (SSSR count). The molecule has 0 saturated carbocycles. The van der Waals surface area contributed by atoms with Crippen LogP contribution in [0.5, 0.6) is 5.75 Å². The molecule has 8 nitrogen and oxygen atoms in total. The highest BCUT2D eigenvalue weighted by Crippen LogP contribution is 2.35. The molecule has 0 aliphatic carbocycles. The van der Waals surface area contributed by atoms with Gasteiger partial charge >= 0.3 is 5.63 Å². The molecule has 0 unspecified atom stereocenters. The zero-order valence-electron chi connectivity index (χ0n) is 20.6. The molecule has 3 heterocycles. The van der Waals surface area contributed by atoms with E-state index in [2.05, 4.69) is 5.32 Å². The van der Waals surface area contributed by atoms with E-state index in [0.717, 1.165) is 22.1 Å². The highest BCUT2D eigenvalue weighted by molar-refractivity contribution is 5.95.